The summed E-state index contributed by atoms with van der Waals surface area (Å²) in [7, 11) is -0.806. The fraction of sp³-hybridized carbons (Fsp3) is 0.250. The second-order valence-corrected chi connectivity index (χ2v) is 3.71. The number of aromatic nitrogens is 1. The SMILES string of the molecule is NC(C(=O)O)C(O)(P=O)c1ccccn1. The molecule has 0 saturated carbocycles. The molecule has 0 fully saturated rings. The minimum absolute atomic E-state index is 0.0448. The van der Waals surface area contributed by atoms with Crippen LogP contribution in [-0.4, -0.2) is 27.2 Å². The van der Waals surface area contributed by atoms with Crippen LogP contribution in [0.2, 0.25) is 0 Å². The van der Waals surface area contributed by atoms with Crippen molar-refractivity contribution in [2.24, 2.45) is 5.73 Å². The zero-order chi connectivity index (χ0) is 11.5. The van der Waals surface area contributed by atoms with Gasteiger partial charge < -0.3 is 15.9 Å². The van der Waals surface area contributed by atoms with Crippen LogP contribution in [-0.2, 0) is 14.7 Å². The number of nitrogens with two attached hydrogens (primary N) is 1. The summed E-state index contributed by atoms with van der Waals surface area (Å²) in [4.78, 5) is 14.3. The minimum Gasteiger partial charge on any atom is -0.480 e. The number of hydrogen-bond donors (Lipinski definition) is 3. The van der Waals surface area contributed by atoms with Crippen molar-refractivity contribution >= 4 is 14.4 Å². The van der Waals surface area contributed by atoms with E-state index >= 15 is 0 Å². The molecule has 7 heteroatoms. The van der Waals surface area contributed by atoms with Gasteiger partial charge in [-0.25, -0.2) is 0 Å². The Morgan fingerprint density at radius 2 is 2.27 bits per heavy atom. The number of aliphatic carboxylic acids is 1. The smallest absolute Gasteiger partial charge is 0.324 e. The second kappa shape index (κ2) is 4.44. The minimum atomic E-state index is -2.20. The zero-order valence-electron chi connectivity index (χ0n) is 7.57. The summed E-state index contributed by atoms with van der Waals surface area (Å²) in [6.45, 7) is 0. The van der Waals surface area contributed by atoms with Crippen LogP contribution >= 0.6 is 8.46 Å². The molecule has 2 atom stereocenters. The molecule has 6 nitrogen and oxygen atoms in total. The molecule has 15 heavy (non-hydrogen) atoms. The van der Waals surface area contributed by atoms with Crippen molar-refractivity contribution in [1.82, 2.24) is 4.98 Å². The number of rotatable bonds is 4. The second-order valence-electron chi connectivity index (χ2n) is 2.85. The first-order valence-corrected chi connectivity index (χ1v) is 4.80. The Bertz CT molecular complexity index is 372. The average Bonchev–Trinajstić information content (AvgIpc) is 2.28. The molecule has 0 aliphatic rings. The van der Waals surface area contributed by atoms with Crippen LogP contribution in [0.5, 0.6) is 0 Å². The monoisotopic (exact) mass is 228 g/mol. The van der Waals surface area contributed by atoms with Crippen molar-refractivity contribution in [3.63, 3.8) is 0 Å². The van der Waals surface area contributed by atoms with Gasteiger partial charge in [-0.15, -0.1) is 0 Å². The number of aliphatic hydroxyl groups is 1. The van der Waals surface area contributed by atoms with Crippen LogP contribution in [0.15, 0.2) is 24.4 Å². The van der Waals surface area contributed by atoms with Crippen LogP contribution in [0.3, 0.4) is 0 Å². The highest BCUT2D eigenvalue weighted by Gasteiger charge is 2.43. The fourth-order valence-corrected chi connectivity index (χ4v) is 1.47. The highest BCUT2D eigenvalue weighted by Crippen LogP contribution is 2.33. The van der Waals surface area contributed by atoms with E-state index in [-0.39, 0.29) is 5.69 Å². The Morgan fingerprint density at radius 1 is 1.60 bits per heavy atom. The molecule has 0 amide bonds. The summed E-state index contributed by atoms with van der Waals surface area (Å²) >= 11 is 0. The van der Waals surface area contributed by atoms with Gasteiger partial charge in [-0.3, -0.25) is 14.3 Å². The van der Waals surface area contributed by atoms with Gasteiger partial charge >= 0.3 is 5.97 Å². The van der Waals surface area contributed by atoms with Crippen LogP contribution in [0, 0.1) is 0 Å². The Hall–Kier alpha value is -1.36. The summed E-state index contributed by atoms with van der Waals surface area (Å²) in [5.41, 5.74) is 5.20. The summed E-state index contributed by atoms with van der Waals surface area (Å²) in [6.07, 6.45) is 1.35. The van der Waals surface area contributed by atoms with Crippen molar-refractivity contribution in [2.45, 2.75) is 11.4 Å². The molecule has 0 aliphatic heterocycles. The summed E-state index contributed by atoms with van der Waals surface area (Å²) in [5.74, 6) is -1.45. The van der Waals surface area contributed by atoms with Gasteiger partial charge in [0.25, 0.3) is 0 Å². The third kappa shape index (κ3) is 2.18. The van der Waals surface area contributed by atoms with Crippen molar-refractivity contribution in [2.75, 3.05) is 0 Å². The molecule has 0 bridgehead atoms. The summed E-state index contributed by atoms with van der Waals surface area (Å²) in [5, 5.41) is 16.3. The molecule has 1 heterocycles. The van der Waals surface area contributed by atoms with Crippen LogP contribution in [0.1, 0.15) is 5.69 Å². The normalized spacial score (nSPS) is 16.9. The van der Waals surface area contributed by atoms with E-state index in [0.717, 1.165) is 0 Å². The third-order valence-corrected chi connectivity index (χ3v) is 2.67. The first kappa shape index (κ1) is 11.7. The summed E-state index contributed by atoms with van der Waals surface area (Å²) in [6, 6.07) is 2.77. The number of carboxylic acid groups (broad SMARTS) is 1. The predicted molar refractivity (Wildman–Crippen MR) is 51.4 cm³/mol. The van der Waals surface area contributed by atoms with Gasteiger partial charge in [-0.05, 0) is 12.1 Å². The van der Waals surface area contributed by atoms with Crippen LogP contribution < -0.4 is 5.73 Å². The largest absolute Gasteiger partial charge is 0.480 e. The van der Waals surface area contributed by atoms with Crippen molar-refractivity contribution < 1.29 is 19.6 Å². The lowest BCUT2D eigenvalue weighted by atomic mass is 10.1. The molecule has 1 aromatic rings. The molecule has 1 rings (SSSR count). The van der Waals surface area contributed by atoms with Crippen LogP contribution in [0.25, 0.3) is 0 Å². The van der Waals surface area contributed by atoms with E-state index in [9.17, 15) is 14.5 Å². The van der Waals surface area contributed by atoms with E-state index < -0.39 is 25.8 Å². The molecule has 1 aromatic heterocycles. The van der Waals surface area contributed by atoms with Crippen LogP contribution in [0.4, 0.5) is 0 Å². The Labute approximate surface area is 87.0 Å². The average molecular weight is 228 g/mol. The van der Waals surface area contributed by atoms with Gasteiger partial charge in [-0.1, -0.05) is 6.07 Å². The zero-order valence-corrected chi connectivity index (χ0v) is 8.46. The quantitative estimate of drug-likeness (QED) is 0.621. The standard InChI is InChI=1S/C8H9N2O4P/c9-6(7(11)12)8(13,15-14)5-3-1-2-4-10-5/h1-4,6,13H,9H2,(H,11,12). The highest BCUT2D eigenvalue weighted by atomic mass is 31.1. The maximum Gasteiger partial charge on any atom is 0.324 e. The van der Waals surface area contributed by atoms with E-state index in [1.807, 2.05) is 0 Å². The van der Waals surface area contributed by atoms with E-state index in [4.69, 9.17) is 10.8 Å². The lowest BCUT2D eigenvalue weighted by Crippen LogP contribution is -2.47. The Balaban J connectivity index is 3.16. The molecule has 0 spiro atoms. The molecule has 0 radical (unpaired) electrons. The van der Waals surface area contributed by atoms with Crippen molar-refractivity contribution in [3.8, 4) is 0 Å². The molecular weight excluding hydrogens is 219 g/mol. The fourth-order valence-electron chi connectivity index (χ4n) is 1.02. The van der Waals surface area contributed by atoms with Gasteiger partial charge in [0.2, 0.25) is 5.34 Å². The lowest BCUT2D eigenvalue weighted by Gasteiger charge is -2.23. The molecule has 0 saturated heterocycles. The topological polar surface area (TPSA) is 114 Å². The number of pyridine rings is 1. The maximum atomic E-state index is 10.8. The Morgan fingerprint density at radius 3 is 2.67 bits per heavy atom. The summed E-state index contributed by atoms with van der Waals surface area (Å²) < 4.78 is 10.8. The van der Waals surface area contributed by atoms with Gasteiger partial charge in [-0.2, -0.15) is 0 Å². The van der Waals surface area contributed by atoms with Crippen molar-refractivity contribution in [3.05, 3.63) is 30.1 Å². The van der Waals surface area contributed by atoms with Gasteiger partial charge in [0, 0.05) is 6.20 Å². The first-order chi connectivity index (χ1) is 7.02. The molecule has 4 N–H and O–H groups in total. The molecular formula is C8H9N2O4P. The van der Waals surface area contributed by atoms with Gasteiger partial charge in [0.15, 0.2) is 8.46 Å². The number of carboxylic acids is 1. The van der Waals surface area contributed by atoms with E-state index in [1.54, 1.807) is 6.07 Å². The molecule has 2 unspecified atom stereocenters. The Kier molecular flexibility index (Phi) is 3.47. The maximum absolute atomic E-state index is 10.8. The third-order valence-electron chi connectivity index (χ3n) is 1.88. The van der Waals surface area contributed by atoms with Crippen molar-refractivity contribution in [1.29, 1.82) is 0 Å². The lowest BCUT2D eigenvalue weighted by molar-refractivity contribution is -0.142. The molecule has 0 aromatic carbocycles. The molecule has 80 valence electrons. The van der Waals surface area contributed by atoms with Gasteiger partial charge in [0.1, 0.15) is 6.04 Å². The highest BCUT2D eigenvalue weighted by molar-refractivity contribution is 7.25. The molecule has 0 aliphatic carbocycles. The number of hydrogen-bond acceptors (Lipinski definition) is 5. The first-order valence-electron chi connectivity index (χ1n) is 3.99. The number of nitrogens with zero attached hydrogens (tertiary/aromatic N) is 1. The van der Waals surface area contributed by atoms with E-state index in [1.165, 1.54) is 18.3 Å². The van der Waals surface area contributed by atoms with E-state index in [2.05, 4.69) is 4.98 Å². The number of carbonyl (C=O) groups is 1. The van der Waals surface area contributed by atoms with Gasteiger partial charge in [0.05, 0.1) is 5.69 Å². The van der Waals surface area contributed by atoms with E-state index in [0.29, 0.717) is 0 Å². The predicted octanol–water partition coefficient (Wildman–Crippen LogP) is -0.0697.